The SMILES string of the molecule is Cl.OCC1NCCC1(F)F. The summed E-state index contributed by atoms with van der Waals surface area (Å²) in [6.07, 6.45) is -0.155. The zero-order valence-electron chi connectivity index (χ0n) is 5.31. The lowest BCUT2D eigenvalue weighted by atomic mass is 10.2. The molecular weight excluding hydrogens is 164 g/mol. The molecule has 1 fully saturated rings. The lowest BCUT2D eigenvalue weighted by Crippen LogP contribution is -2.38. The average Bonchev–Trinajstić information content (AvgIpc) is 2.08. The van der Waals surface area contributed by atoms with E-state index < -0.39 is 18.6 Å². The Morgan fingerprint density at radius 1 is 1.60 bits per heavy atom. The molecule has 1 unspecified atom stereocenters. The first-order valence-electron chi connectivity index (χ1n) is 2.89. The molecule has 1 aliphatic rings. The lowest BCUT2D eigenvalue weighted by molar-refractivity contribution is -0.0263. The molecule has 0 saturated carbocycles. The van der Waals surface area contributed by atoms with Crippen LogP contribution in [-0.2, 0) is 0 Å². The number of aliphatic hydroxyl groups is 1. The van der Waals surface area contributed by atoms with Gasteiger partial charge in [0, 0.05) is 13.0 Å². The van der Waals surface area contributed by atoms with Crippen molar-refractivity contribution in [2.45, 2.75) is 18.4 Å². The second-order valence-electron chi connectivity index (χ2n) is 2.20. The molecule has 1 rings (SSSR count). The summed E-state index contributed by atoms with van der Waals surface area (Å²) in [6.45, 7) is -0.175. The fraction of sp³-hybridized carbons (Fsp3) is 1.00. The molecule has 1 saturated heterocycles. The smallest absolute Gasteiger partial charge is 0.266 e. The third-order valence-corrected chi connectivity index (χ3v) is 1.54. The van der Waals surface area contributed by atoms with Crippen LogP contribution >= 0.6 is 12.4 Å². The summed E-state index contributed by atoms with van der Waals surface area (Å²) >= 11 is 0. The normalized spacial score (nSPS) is 29.7. The van der Waals surface area contributed by atoms with Crippen molar-refractivity contribution in [3.63, 3.8) is 0 Å². The third-order valence-electron chi connectivity index (χ3n) is 1.54. The van der Waals surface area contributed by atoms with E-state index in [0.717, 1.165) is 0 Å². The Balaban J connectivity index is 0.000000810. The van der Waals surface area contributed by atoms with Crippen LogP contribution in [0.25, 0.3) is 0 Å². The molecule has 2 N–H and O–H groups in total. The van der Waals surface area contributed by atoms with Crippen LogP contribution in [0.5, 0.6) is 0 Å². The largest absolute Gasteiger partial charge is 0.395 e. The number of aliphatic hydroxyl groups excluding tert-OH is 1. The Kier molecular flexibility index (Phi) is 3.48. The quantitative estimate of drug-likeness (QED) is 0.602. The number of halogens is 3. The molecule has 2 nitrogen and oxygen atoms in total. The van der Waals surface area contributed by atoms with Crippen molar-refractivity contribution in [2.24, 2.45) is 0 Å². The Morgan fingerprint density at radius 3 is 2.40 bits per heavy atom. The highest BCUT2D eigenvalue weighted by atomic mass is 35.5. The van der Waals surface area contributed by atoms with Gasteiger partial charge in [0.1, 0.15) is 0 Å². The average molecular weight is 174 g/mol. The summed E-state index contributed by atoms with van der Waals surface area (Å²) in [5.74, 6) is -2.70. The lowest BCUT2D eigenvalue weighted by Gasteiger charge is -2.14. The highest BCUT2D eigenvalue weighted by Gasteiger charge is 2.42. The van der Waals surface area contributed by atoms with Gasteiger partial charge in [0.05, 0.1) is 12.6 Å². The van der Waals surface area contributed by atoms with Crippen molar-refractivity contribution in [3.05, 3.63) is 0 Å². The highest BCUT2D eigenvalue weighted by Crippen LogP contribution is 2.26. The summed E-state index contributed by atoms with van der Waals surface area (Å²) in [7, 11) is 0. The van der Waals surface area contributed by atoms with E-state index in [-0.39, 0.29) is 18.8 Å². The molecule has 0 spiro atoms. The zero-order chi connectivity index (χ0) is 6.91. The van der Waals surface area contributed by atoms with E-state index in [4.69, 9.17) is 5.11 Å². The van der Waals surface area contributed by atoms with E-state index in [9.17, 15) is 8.78 Å². The maximum Gasteiger partial charge on any atom is 0.266 e. The number of rotatable bonds is 1. The van der Waals surface area contributed by atoms with Crippen LogP contribution in [0, 0.1) is 0 Å². The van der Waals surface area contributed by atoms with E-state index in [2.05, 4.69) is 5.32 Å². The van der Waals surface area contributed by atoms with Crippen LogP contribution in [0.4, 0.5) is 8.78 Å². The van der Waals surface area contributed by atoms with Crippen LogP contribution in [0.1, 0.15) is 6.42 Å². The Labute approximate surface area is 64.0 Å². The topological polar surface area (TPSA) is 32.3 Å². The van der Waals surface area contributed by atoms with Gasteiger partial charge in [-0.2, -0.15) is 0 Å². The summed E-state index contributed by atoms with van der Waals surface area (Å²) in [4.78, 5) is 0. The van der Waals surface area contributed by atoms with Gasteiger partial charge < -0.3 is 10.4 Å². The van der Waals surface area contributed by atoms with E-state index in [1.165, 1.54) is 0 Å². The van der Waals surface area contributed by atoms with Crippen LogP contribution in [0.2, 0.25) is 0 Å². The van der Waals surface area contributed by atoms with Crippen molar-refractivity contribution in [3.8, 4) is 0 Å². The van der Waals surface area contributed by atoms with Gasteiger partial charge in [-0.3, -0.25) is 0 Å². The van der Waals surface area contributed by atoms with E-state index >= 15 is 0 Å². The minimum Gasteiger partial charge on any atom is -0.395 e. The van der Waals surface area contributed by atoms with Crippen molar-refractivity contribution >= 4 is 12.4 Å². The fourth-order valence-corrected chi connectivity index (χ4v) is 0.935. The first kappa shape index (κ1) is 10.1. The minimum absolute atomic E-state index is 0. The molecule has 0 amide bonds. The minimum atomic E-state index is -2.70. The summed E-state index contributed by atoms with van der Waals surface area (Å²) in [5.41, 5.74) is 0. The molecule has 0 bridgehead atoms. The second kappa shape index (κ2) is 3.46. The molecule has 0 aromatic rings. The molecule has 5 heteroatoms. The Hall–Kier alpha value is 0.0700. The van der Waals surface area contributed by atoms with E-state index in [1.54, 1.807) is 0 Å². The molecule has 0 aromatic carbocycles. The van der Waals surface area contributed by atoms with Gasteiger partial charge in [-0.05, 0) is 0 Å². The molecule has 10 heavy (non-hydrogen) atoms. The second-order valence-corrected chi connectivity index (χ2v) is 2.20. The summed E-state index contributed by atoms with van der Waals surface area (Å²) in [5, 5.41) is 10.9. The molecule has 0 aromatic heterocycles. The molecule has 0 aliphatic carbocycles. The first-order chi connectivity index (χ1) is 4.17. The zero-order valence-corrected chi connectivity index (χ0v) is 6.13. The maximum atomic E-state index is 12.4. The van der Waals surface area contributed by atoms with Gasteiger partial charge in [0.25, 0.3) is 5.92 Å². The highest BCUT2D eigenvalue weighted by molar-refractivity contribution is 5.85. The fourth-order valence-electron chi connectivity index (χ4n) is 0.935. The van der Waals surface area contributed by atoms with Gasteiger partial charge in [-0.15, -0.1) is 12.4 Å². The monoisotopic (exact) mass is 173 g/mol. The number of alkyl halides is 2. The summed E-state index contributed by atoms with van der Waals surface area (Å²) < 4.78 is 24.8. The predicted molar refractivity (Wildman–Crippen MR) is 35.7 cm³/mol. The molecule has 1 aliphatic heterocycles. The van der Waals surface area contributed by atoms with Crippen LogP contribution < -0.4 is 5.32 Å². The van der Waals surface area contributed by atoms with Gasteiger partial charge in [0.2, 0.25) is 0 Å². The van der Waals surface area contributed by atoms with Crippen LogP contribution in [0.3, 0.4) is 0 Å². The Morgan fingerprint density at radius 2 is 2.20 bits per heavy atom. The summed E-state index contributed by atoms with van der Waals surface area (Å²) in [6, 6.07) is -1.02. The van der Waals surface area contributed by atoms with E-state index in [1.807, 2.05) is 0 Å². The van der Waals surface area contributed by atoms with Gasteiger partial charge in [0.15, 0.2) is 0 Å². The van der Waals surface area contributed by atoms with Gasteiger partial charge in [-0.25, -0.2) is 8.78 Å². The predicted octanol–water partition coefficient (Wildman–Crippen LogP) is 0.398. The molecule has 1 atom stereocenters. The van der Waals surface area contributed by atoms with Crippen molar-refractivity contribution in [1.29, 1.82) is 0 Å². The van der Waals surface area contributed by atoms with E-state index in [0.29, 0.717) is 6.54 Å². The molecular formula is C5H10ClF2NO. The number of nitrogens with one attached hydrogen (secondary N) is 1. The van der Waals surface area contributed by atoms with Crippen molar-refractivity contribution < 1.29 is 13.9 Å². The standard InChI is InChI=1S/C5H9F2NO.ClH/c6-5(7)1-2-8-4(5)3-9;/h4,8-9H,1-3H2;1H. The first-order valence-corrected chi connectivity index (χ1v) is 2.89. The molecule has 0 radical (unpaired) electrons. The van der Waals surface area contributed by atoms with Crippen molar-refractivity contribution in [2.75, 3.05) is 13.2 Å². The third kappa shape index (κ3) is 1.78. The Bertz CT molecular complexity index is 112. The van der Waals surface area contributed by atoms with Gasteiger partial charge in [-0.1, -0.05) is 0 Å². The van der Waals surface area contributed by atoms with Crippen molar-refractivity contribution in [1.82, 2.24) is 5.32 Å². The number of hydrogen-bond donors (Lipinski definition) is 2. The van der Waals surface area contributed by atoms with Gasteiger partial charge >= 0.3 is 0 Å². The molecule has 62 valence electrons. The van der Waals surface area contributed by atoms with Crippen LogP contribution in [-0.4, -0.2) is 30.2 Å². The number of hydrogen-bond acceptors (Lipinski definition) is 2. The van der Waals surface area contributed by atoms with Crippen LogP contribution in [0.15, 0.2) is 0 Å². The molecule has 1 heterocycles. The maximum absolute atomic E-state index is 12.4.